The molecule has 0 saturated carbocycles. The Morgan fingerprint density at radius 1 is 1.19 bits per heavy atom. The molecule has 0 bridgehead atoms. The van der Waals surface area contributed by atoms with Gasteiger partial charge in [-0.3, -0.25) is 9.59 Å². The Labute approximate surface area is 189 Å². The van der Waals surface area contributed by atoms with Crippen molar-refractivity contribution in [2.24, 2.45) is 5.73 Å². The Bertz CT molecular complexity index is 1150. The van der Waals surface area contributed by atoms with E-state index in [0.717, 1.165) is 23.5 Å². The number of benzene rings is 2. The van der Waals surface area contributed by atoms with Gasteiger partial charge in [0.15, 0.2) is 5.13 Å². The SMILES string of the molecule is CC(C(N)=O)N(c1nc(N)c(C(=O)c2ccccc2)s1)c1ccc(OC(F)(F)F)cc1Cl. The Morgan fingerprint density at radius 3 is 2.41 bits per heavy atom. The summed E-state index contributed by atoms with van der Waals surface area (Å²) in [5, 5.41) is -0.0518. The van der Waals surface area contributed by atoms with Crippen LogP contribution in [0.3, 0.4) is 0 Å². The molecule has 0 spiro atoms. The van der Waals surface area contributed by atoms with E-state index in [9.17, 15) is 22.8 Å². The van der Waals surface area contributed by atoms with Gasteiger partial charge < -0.3 is 21.1 Å². The van der Waals surface area contributed by atoms with Gasteiger partial charge in [-0.1, -0.05) is 53.3 Å². The van der Waals surface area contributed by atoms with E-state index in [2.05, 4.69) is 9.72 Å². The molecule has 2 aromatic carbocycles. The summed E-state index contributed by atoms with van der Waals surface area (Å²) in [5.74, 6) is -1.76. The molecular formula is C20H16ClF3N4O3S. The quantitative estimate of drug-likeness (QED) is 0.477. The molecule has 0 aliphatic carbocycles. The number of ketones is 1. The topological polar surface area (TPSA) is 112 Å². The lowest BCUT2D eigenvalue weighted by atomic mass is 10.1. The number of hydrogen-bond acceptors (Lipinski definition) is 7. The van der Waals surface area contributed by atoms with Gasteiger partial charge in [-0.05, 0) is 19.1 Å². The number of hydrogen-bond donors (Lipinski definition) is 2. The van der Waals surface area contributed by atoms with Crippen LogP contribution < -0.4 is 21.1 Å². The van der Waals surface area contributed by atoms with Crippen molar-refractivity contribution >= 4 is 51.3 Å². The standard InChI is InChI=1S/C20H16ClF3N4O3S/c1-10(18(26)30)28(14-8-7-12(9-13(14)21)31-20(22,23)24)19-27-17(25)16(32-19)15(29)11-5-3-2-4-6-11/h2-10H,25H2,1H3,(H2,26,30). The van der Waals surface area contributed by atoms with Crippen LogP contribution >= 0.6 is 22.9 Å². The maximum absolute atomic E-state index is 12.8. The van der Waals surface area contributed by atoms with Gasteiger partial charge in [0.2, 0.25) is 11.7 Å². The fourth-order valence-corrected chi connectivity index (χ4v) is 4.09. The molecular weight excluding hydrogens is 469 g/mol. The molecule has 1 aromatic heterocycles. The molecule has 32 heavy (non-hydrogen) atoms. The molecule has 0 aliphatic heterocycles. The number of nitrogens with zero attached hydrogens (tertiary/aromatic N) is 2. The monoisotopic (exact) mass is 484 g/mol. The zero-order valence-corrected chi connectivity index (χ0v) is 18.0. The third-order valence-corrected chi connectivity index (χ3v) is 5.67. The van der Waals surface area contributed by atoms with Crippen LogP contribution in [-0.2, 0) is 4.79 Å². The van der Waals surface area contributed by atoms with Gasteiger partial charge in [0.05, 0.1) is 10.7 Å². The average molecular weight is 485 g/mol. The number of primary amides is 1. The molecule has 168 valence electrons. The Morgan fingerprint density at radius 2 is 1.84 bits per heavy atom. The fraction of sp³-hybridized carbons (Fsp3) is 0.150. The highest BCUT2D eigenvalue weighted by molar-refractivity contribution is 7.18. The number of amides is 1. The lowest BCUT2D eigenvalue weighted by Crippen LogP contribution is -2.40. The van der Waals surface area contributed by atoms with Gasteiger partial charge in [0.25, 0.3) is 0 Å². The van der Waals surface area contributed by atoms with Gasteiger partial charge in [-0.2, -0.15) is 0 Å². The van der Waals surface area contributed by atoms with E-state index in [0.29, 0.717) is 5.56 Å². The van der Waals surface area contributed by atoms with Gasteiger partial charge in [-0.15, -0.1) is 13.2 Å². The van der Waals surface area contributed by atoms with Gasteiger partial charge in [0, 0.05) is 11.6 Å². The third kappa shape index (κ3) is 5.11. The van der Waals surface area contributed by atoms with E-state index >= 15 is 0 Å². The number of carbonyl (C=O) groups excluding carboxylic acids is 2. The number of thiazole rings is 1. The molecule has 1 atom stereocenters. The first-order valence-electron chi connectivity index (χ1n) is 8.98. The molecule has 0 saturated heterocycles. The Kier molecular flexibility index (Phi) is 6.60. The number of nitrogen functional groups attached to an aromatic ring is 1. The number of nitrogens with two attached hydrogens (primary N) is 2. The molecule has 1 heterocycles. The van der Waals surface area contributed by atoms with E-state index in [-0.39, 0.29) is 32.3 Å². The number of rotatable bonds is 7. The van der Waals surface area contributed by atoms with Crippen LogP contribution in [0.25, 0.3) is 0 Å². The van der Waals surface area contributed by atoms with Crippen LogP contribution in [0.2, 0.25) is 5.02 Å². The Balaban J connectivity index is 2.05. The number of halogens is 4. The van der Waals surface area contributed by atoms with Crippen molar-refractivity contribution in [3.63, 3.8) is 0 Å². The van der Waals surface area contributed by atoms with Gasteiger partial charge in [-0.25, -0.2) is 4.98 Å². The molecule has 3 rings (SSSR count). The first kappa shape index (κ1) is 23.4. The van der Waals surface area contributed by atoms with Crippen molar-refractivity contribution in [3.8, 4) is 5.75 Å². The predicted molar refractivity (Wildman–Crippen MR) is 115 cm³/mol. The van der Waals surface area contributed by atoms with Crippen LogP contribution in [0.1, 0.15) is 22.2 Å². The smallest absolute Gasteiger partial charge is 0.406 e. The van der Waals surface area contributed by atoms with E-state index in [4.69, 9.17) is 23.1 Å². The van der Waals surface area contributed by atoms with Crippen molar-refractivity contribution in [1.82, 2.24) is 4.98 Å². The zero-order valence-electron chi connectivity index (χ0n) is 16.4. The van der Waals surface area contributed by atoms with E-state index in [1.54, 1.807) is 30.3 Å². The highest BCUT2D eigenvalue weighted by Gasteiger charge is 2.32. The first-order valence-corrected chi connectivity index (χ1v) is 10.2. The van der Waals surface area contributed by atoms with Gasteiger partial charge in [0.1, 0.15) is 22.5 Å². The second kappa shape index (κ2) is 9.05. The maximum Gasteiger partial charge on any atom is 0.573 e. The predicted octanol–water partition coefficient (Wildman–Crippen LogP) is 4.52. The number of alkyl halides is 3. The normalized spacial score (nSPS) is 12.3. The van der Waals surface area contributed by atoms with Crippen LogP contribution in [0, 0.1) is 0 Å². The molecule has 3 aromatic rings. The summed E-state index contributed by atoms with van der Waals surface area (Å²) < 4.78 is 41.4. The third-order valence-electron chi connectivity index (χ3n) is 4.30. The second-order valence-corrected chi connectivity index (χ2v) is 7.90. The Hall–Kier alpha value is -3.31. The van der Waals surface area contributed by atoms with Gasteiger partial charge >= 0.3 is 6.36 Å². The van der Waals surface area contributed by atoms with Crippen molar-refractivity contribution in [2.75, 3.05) is 10.6 Å². The molecule has 12 heteroatoms. The number of aromatic nitrogens is 1. The highest BCUT2D eigenvalue weighted by atomic mass is 35.5. The molecule has 1 amide bonds. The van der Waals surface area contributed by atoms with Crippen LogP contribution in [-0.4, -0.2) is 29.1 Å². The summed E-state index contributed by atoms with van der Waals surface area (Å²) in [6, 6.07) is 10.5. The largest absolute Gasteiger partial charge is 0.573 e. The summed E-state index contributed by atoms with van der Waals surface area (Å²) in [5.41, 5.74) is 11.9. The second-order valence-electron chi connectivity index (χ2n) is 6.52. The van der Waals surface area contributed by atoms with Crippen molar-refractivity contribution in [1.29, 1.82) is 0 Å². The van der Waals surface area contributed by atoms with Crippen molar-refractivity contribution < 1.29 is 27.5 Å². The summed E-state index contributed by atoms with van der Waals surface area (Å²) in [7, 11) is 0. The molecule has 0 aliphatic rings. The molecule has 4 N–H and O–H groups in total. The highest BCUT2D eigenvalue weighted by Crippen LogP contribution is 2.40. The summed E-state index contributed by atoms with van der Waals surface area (Å²) in [6.07, 6.45) is -4.90. The fourth-order valence-electron chi connectivity index (χ4n) is 2.79. The maximum atomic E-state index is 12.8. The molecule has 0 fully saturated rings. The molecule has 7 nitrogen and oxygen atoms in total. The number of ether oxygens (including phenoxy) is 1. The van der Waals surface area contributed by atoms with Crippen LogP contribution in [0.15, 0.2) is 48.5 Å². The van der Waals surface area contributed by atoms with Crippen LogP contribution in [0.4, 0.5) is 29.8 Å². The van der Waals surface area contributed by atoms with Crippen molar-refractivity contribution in [3.05, 3.63) is 64.0 Å². The zero-order chi connectivity index (χ0) is 23.6. The molecule has 0 radical (unpaired) electrons. The first-order chi connectivity index (χ1) is 15.0. The van der Waals surface area contributed by atoms with E-state index in [1.165, 1.54) is 17.9 Å². The lowest BCUT2D eigenvalue weighted by molar-refractivity contribution is -0.274. The molecule has 1 unspecified atom stereocenters. The van der Waals surface area contributed by atoms with E-state index < -0.39 is 24.1 Å². The van der Waals surface area contributed by atoms with Crippen LogP contribution in [0.5, 0.6) is 5.75 Å². The summed E-state index contributed by atoms with van der Waals surface area (Å²) >= 11 is 7.09. The minimum Gasteiger partial charge on any atom is -0.406 e. The van der Waals surface area contributed by atoms with E-state index in [1.807, 2.05) is 0 Å². The minimum absolute atomic E-state index is 0.0753. The van der Waals surface area contributed by atoms with Crippen molar-refractivity contribution in [2.45, 2.75) is 19.3 Å². The minimum atomic E-state index is -4.90. The number of carbonyl (C=O) groups is 2. The lowest BCUT2D eigenvalue weighted by Gasteiger charge is -2.27. The number of anilines is 3. The summed E-state index contributed by atoms with van der Waals surface area (Å²) in [6.45, 7) is 1.45. The summed E-state index contributed by atoms with van der Waals surface area (Å²) in [4.78, 5) is 30.4. The average Bonchev–Trinajstić information content (AvgIpc) is 3.09.